The fourth-order valence-corrected chi connectivity index (χ4v) is 1.40. The van der Waals surface area contributed by atoms with Crippen molar-refractivity contribution in [2.45, 2.75) is 0 Å². The minimum absolute atomic E-state index is 0.0257. The van der Waals surface area contributed by atoms with Gasteiger partial charge in [0.05, 0.1) is 6.20 Å². The molecule has 2 rings (SSSR count). The summed E-state index contributed by atoms with van der Waals surface area (Å²) in [5.41, 5.74) is 1.04. The van der Waals surface area contributed by atoms with Crippen molar-refractivity contribution < 1.29 is 9.50 Å². The van der Waals surface area contributed by atoms with Crippen LogP contribution in [0.3, 0.4) is 0 Å². The van der Waals surface area contributed by atoms with Crippen molar-refractivity contribution in [3.8, 4) is 17.0 Å². The third-order valence-electron chi connectivity index (χ3n) is 2.27. The van der Waals surface area contributed by atoms with Crippen molar-refractivity contribution >= 4 is 5.95 Å². The van der Waals surface area contributed by atoms with Crippen LogP contribution in [0.15, 0.2) is 30.5 Å². The number of nitrogens with zero attached hydrogens (tertiary/aromatic N) is 3. The fraction of sp³-hybridized carbons (Fsp3) is 0.167. The van der Waals surface area contributed by atoms with E-state index in [1.807, 2.05) is 0 Å². The van der Waals surface area contributed by atoms with E-state index < -0.39 is 0 Å². The Morgan fingerprint density at radius 1 is 1.18 bits per heavy atom. The van der Waals surface area contributed by atoms with Crippen molar-refractivity contribution in [1.82, 2.24) is 9.97 Å². The summed E-state index contributed by atoms with van der Waals surface area (Å²) in [5, 5.41) is 9.70. The Bertz CT molecular complexity index is 526. The molecule has 2 aromatic rings. The highest BCUT2D eigenvalue weighted by Crippen LogP contribution is 2.27. The van der Waals surface area contributed by atoms with E-state index in [-0.39, 0.29) is 11.6 Å². The standard InChI is InChI=1S/C12H12FN3O/c1-16(2)12-14-7-10(17)11(15-12)8-3-5-9(13)6-4-8/h3-7,17H,1-2H3. The van der Waals surface area contributed by atoms with E-state index in [1.54, 1.807) is 31.1 Å². The average molecular weight is 233 g/mol. The van der Waals surface area contributed by atoms with Crippen LogP contribution in [-0.4, -0.2) is 29.2 Å². The second-order valence-corrected chi connectivity index (χ2v) is 3.81. The summed E-state index contributed by atoms with van der Waals surface area (Å²) in [5.74, 6) is 0.138. The predicted molar refractivity (Wildman–Crippen MR) is 63.4 cm³/mol. The number of aromatic nitrogens is 2. The fourth-order valence-electron chi connectivity index (χ4n) is 1.40. The molecule has 1 N–H and O–H groups in total. The van der Waals surface area contributed by atoms with Gasteiger partial charge < -0.3 is 10.0 Å². The van der Waals surface area contributed by atoms with Gasteiger partial charge in [0, 0.05) is 19.7 Å². The first-order valence-corrected chi connectivity index (χ1v) is 5.07. The van der Waals surface area contributed by atoms with Crippen molar-refractivity contribution in [2.24, 2.45) is 0 Å². The number of benzene rings is 1. The molecule has 1 aromatic heterocycles. The zero-order valence-corrected chi connectivity index (χ0v) is 9.55. The molecule has 0 unspecified atom stereocenters. The number of rotatable bonds is 2. The SMILES string of the molecule is CN(C)c1ncc(O)c(-c2ccc(F)cc2)n1. The minimum atomic E-state index is -0.324. The summed E-state index contributed by atoms with van der Waals surface area (Å²) in [6, 6.07) is 5.78. The first-order valence-electron chi connectivity index (χ1n) is 5.07. The summed E-state index contributed by atoms with van der Waals surface area (Å²) in [6.45, 7) is 0. The molecule has 0 radical (unpaired) electrons. The molecule has 0 fully saturated rings. The summed E-state index contributed by atoms with van der Waals surface area (Å²) in [4.78, 5) is 9.91. The van der Waals surface area contributed by atoms with Gasteiger partial charge in [0.15, 0.2) is 5.75 Å². The van der Waals surface area contributed by atoms with Crippen LogP contribution in [0, 0.1) is 5.82 Å². The molecule has 0 spiro atoms. The quantitative estimate of drug-likeness (QED) is 0.862. The topological polar surface area (TPSA) is 49.2 Å². The lowest BCUT2D eigenvalue weighted by Crippen LogP contribution is -2.12. The third-order valence-corrected chi connectivity index (χ3v) is 2.27. The highest BCUT2D eigenvalue weighted by molar-refractivity contribution is 5.66. The molecule has 0 saturated carbocycles. The summed E-state index contributed by atoms with van der Waals surface area (Å²) >= 11 is 0. The van der Waals surface area contributed by atoms with E-state index in [9.17, 15) is 9.50 Å². The second kappa shape index (κ2) is 4.37. The molecule has 0 aliphatic heterocycles. The van der Waals surface area contributed by atoms with E-state index in [2.05, 4.69) is 9.97 Å². The van der Waals surface area contributed by atoms with Gasteiger partial charge >= 0.3 is 0 Å². The van der Waals surface area contributed by atoms with E-state index in [0.717, 1.165) is 0 Å². The molecule has 0 aliphatic carbocycles. The van der Waals surface area contributed by atoms with Gasteiger partial charge in [-0.15, -0.1) is 0 Å². The predicted octanol–water partition coefficient (Wildman–Crippen LogP) is 2.05. The number of aromatic hydroxyl groups is 1. The average Bonchev–Trinajstić information content (AvgIpc) is 2.31. The smallest absolute Gasteiger partial charge is 0.225 e. The van der Waals surface area contributed by atoms with E-state index in [0.29, 0.717) is 17.2 Å². The highest BCUT2D eigenvalue weighted by Gasteiger charge is 2.09. The monoisotopic (exact) mass is 233 g/mol. The Balaban J connectivity index is 2.50. The van der Waals surface area contributed by atoms with Crippen LogP contribution in [0.1, 0.15) is 0 Å². The molecule has 0 aliphatic rings. The Kier molecular flexibility index (Phi) is 2.91. The molecular weight excluding hydrogens is 221 g/mol. The Morgan fingerprint density at radius 2 is 1.82 bits per heavy atom. The van der Waals surface area contributed by atoms with Gasteiger partial charge in [-0.05, 0) is 24.3 Å². The molecule has 0 amide bonds. The minimum Gasteiger partial charge on any atom is -0.504 e. The summed E-state index contributed by atoms with van der Waals surface area (Å²) < 4.78 is 12.8. The molecule has 1 aromatic carbocycles. The molecule has 0 bridgehead atoms. The molecule has 5 heteroatoms. The maximum Gasteiger partial charge on any atom is 0.225 e. The summed E-state index contributed by atoms with van der Waals surface area (Å²) in [7, 11) is 3.61. The zero-order chi connectivity index (χ0) is 12.4. The Morgan fingerprint density at radius 3 is 2.41 bits per heavy atom. The lowest BCUT2D eigenvalue weighted by Gasteiger charge is -2.11. The van der Waals surface area contributed by atoms with Gasteiger partial charge in [-0.25, -0.2) is 14.4 Å². The van der Waals surface area contributed by atoms with Crippen LogP contribution in [0.25, 0.3) is 11.3 Å². The van der Waals surface area contributed by atoms with Gasteiger partial charge in [-0.2, -0.15) is 0 Å². The molecule has 0 saturated heterocycles. The van der Waals surface area contributed by atoms with Gasteiger partial charge in [-0.3, -0.25) is 0 Å². The normalized spacial score (nSPS) is 10.3. The zero-order valence-electron chi connectivity index (χ0n) is 9.55. The van der Waals surface area contributed by atoms with Crippen LogP contribution in [0.4, 0.5) is 10.3 Å². The van der Waals surface area contributed by atoms with E-state index in [1.165, 1.54) is 18.3 Å². The molecule has 88 valence electrons. The van der Waals surface area contributed by atoms with E-state index in [4.69, 9.17) is 0 Å². The first kappa shape index (κ1) is 11.3. The lowest BCUT2D eigenvalue weighted by molar-refractivity contribution is 0.472. The molecular formula is C12H12FN3O. The lowest BCUT2D eigenvalue weighted by atomic mass is 10.1. The highest BCUT2D eigenvalue weighted by atomic mass is 19.1. The number of anilines is 1. The molecule has 0 atom stereocenters. The largest absolute Gasteiger partial charge is 0.504 e. The van der Waals surface area contributed by atoms with Crippen LogP contribution < -0.4 is 4.90 Å². The maximum atomic E-state index is 12.8. The van der Waals surface area contributed by atoms with E-state index >= 15 is 0 Å². The van der Waals surface area contributed by atoms with Crippen molar-refractivity contribution in [3.63, 3.8) is 0 Å². The first-order chi connectivity index (χ1) is 8.08. The summed E-state index contributed by atoms with van der Waals surface area (Å²) in [6.07, 6.45) is 1.33. The van der Waals surface area contributed by atoms with Gasteiger partial charge in [0.25, 0.3) is 0 Å². The van der Waals surface area contributed by atoms with Crippen molar-refractivity contribution in [3.05, 3.63) is 36.3 Å². The molecule has 4 nitrogen and oxygen atoms in total. The Labute approximate surface area is 98.4 Å². The molecule has 17 heavy (non-hydrogen) atoms. The Hall–Kier alpha value is -2.17. The number of hydrogen-bond donors (Lipinski definition) is 1. The van der Waals surface area contributed by atoms with Gasteiger partial charge in [0.1, 0.15) is 11.5 Å². The second-order valence-electron chi connectivity index (χ2n) is 3.81. The maximum absolute atomic E-state index is 12.8. The van der Waals surface area contributed by atoms with Crippen molar-refractivity contribution in [1.29, 1.82) is 0 Å². The number of hydrogen-bond acceptors (Lipinski definition) is 4. The van der Waals surface area contributed by atoms with Crippen LogP contribution >= 0.6 is 0 Å². The van der Waals surface area contributed by atoms with Gasteiger partial charge in [-0.1, -0.05) is 0 Å². The van der Waals surface area contributed by atoms with Crippen molar-refractivity contribution in [2.75, 3.05) is 19.0 Å². The van der Waals surface area contributed by atoms with Crippen LogP contribution in [-0.2, 0) is 0 Å². The third kappa shape index (κ3) is 2.33. The molecule has 1 heterocycles. The van der Waals surface area contributed by atoms with Crippen LogP contribution in [0.2, 0.25) is 0 Å². The van der Waals surface area contributed by atoms with Gasteiger partial charge in [0.2, 0.25) is 5.95 Å². The number of halogens is 1. The van der Waals surface area contributed by atoms with Crippen LogP contribution in [0.5, 0.6) is 5.75 Å².